The zero-order valence-corrected chi connectivity index (χ0v) is 17.3. The van der Waals surface area contributed by atoms with Gasteiger partial charge < -0.3 is 13.9 Å². The molecule has 2 aromatic carbocycles. The van der Waals surface area contributed by atoms with E-state index in [2.05, 4.69) is 34.8 Å². The average Bonchev–Trinajstić information content (AvgIpc) is 3.07. The summed E-state index contributed by atoms with van der Waals surface area (Å²) in [6, 6.07) is 17.4. The number of hydrogen-bond donors (Lipinski definition) is 0. The van der Waals surface area contributed by atoms with Crippen LogP contribution in [0.3, 0.4) is 0 Å². The van der Waals surface area contributed by atoms with Gasteiger partial charge in [0.05, 0.1) is 13.6 Å². The number of aromatic nitrogens is 2. The van der Waals surface area contributed by atoms with E-state index in [0.29, 0.717) is 11.5 Å². The quantitative estimate of drug-likeness (QED) is 0.444. The Morgan fingerprint density at radius 3 is 1.93 bits per heavy atom. The van der Waals surface area contributed by atoms with Gasteiger partial charge in [-0.3, -0.25) is 0 Å². The number of rotatable bonds is 7. The minimum Gasteiger partial charge on any atom is -0.760 e. The molecule has 0 aliphatic heterocycles. The second-order valence-electron chi connectivity index (χ2n) is 5.93. The van der Waals surface area contributed by atoms with Crippen LogP contribution in [0.2, 0.25) is 0 Å². The molecular formula is C20H25N2O3PS. The Morgan fingerprint density at radius 1 is 1.00 bits per heavy atom. The number of unbranched alkanes of at least 4 members (excludes halogenated alkanes) is 1. The molecule has 0 saturated carbocycles. The highest BCUT2D eigenvalue weighted by molar-refractivity contribution is 8.06. The van der Waals surface area contributed by atoms with E-state index in [9.17, 15) is 4.89 Å². The lowest BCUT2D eigenvalue weighted by Gasteiger charge is -2.28. The van der Waals surface area contributed by atoms with Crippen LogP contribution in [0.1, 0.15) is 19.8 Å². The minimum absolute atomic E-state index is 0.432. The van der Waals surface area contributed by atoms with Gasteiger partial charge in [-0.05, 0) is 42.5 Å². The highest BCUT2D eigenvalue weighted by Crippen LogP contribution is 2.40. The molecule has 0 saturated heterocycles. The van der Waals surface area contributed by atoms with Crippen molar-refractivity contribution in [3.8, 4) is 11.5 Å². The molecule has 0 atom stereocenters. The van der Waals surface area contributed by atoms with Crippen molar-refractivity contribution in [3.05, 3.63) is 79.4 Å². The maximum Gasteiger partial charge on any atom is 0.243 e. The van der Waals surface area contributed by atoms with Gasteiger partial charge in [-0.1, -0.05) is 49.7 Å². The first-order valence-corrected chi connectivity index (χ1v) is 11.4. The Bertz CT molecular complexity index is 795. The Balaban J connectivity index is 0.000000223. The van der Waals surface area contributed by atoms with E-state index in [4.69, 9.17) is 20.9 Å². The number of benzene rings is 2. The van der Waals surface area contributed by atoms with E-state index in [1.54, 1.807) is 48.5 Å². The van der Waals surface area contributed by atoms with Gasteiger partial charge in [-0.2, -0.15) is 0 Å². The van der Waals surface area contributed by atoms with Gasteiger partial charge >= 0.3 is 0 Å². The first-order valence-electron chi connectivity index (χ1n) is 8.80. The number of para-hydroxylation sites is 2. The molecule has 0 unspecified atom stereocenters. The second-order valence-corrected chi connectivity index (χ2v) is 8.53. The highest BCUT2D eigenvalue weighted by atomic mass is 32.5. The monoisotopic (exact) mass is 404 g/mol. The van der Waals surface area contributed by atoms with Crippen molar-refractivity contribution in [2.24, 2.45) is 7.05 Å². The fraction of sp³-hybridized carbons (Fsp3) is 0.250. The largest absolute Gasteiger partial charge is 0.760 e. The first kappa shape index (κ1) is 21.2. The summed E-state index contributed by atoms with van der Waals surface area (Å²) in [7, 11) is 2.04. The molecule has 0 spiro atoms. The van der Waals surface area contributed by atoms with Crippen LogP contribution in [0, 0.1) is 0 Å². The summed E-state index contributed by atoms with van der Waals surface area (Å²) in [5.41, 5.74) is 0. The van der Waals surface area contributed by atoms with Crippen LogP contribution in [0.25, 0.3) is 0 Å². The van der Waals surface area contributed by atoms with E-state index in [1.165, 1.54) is 12.8 Å². The zero-order valence-electron chi connectivity index (χ0n) is 15.6. The summed E-state index contributed by atoms with van der Waals surface area (Å²) in [6.45, 7) is -0.191. The highest BCUT2D eigenvalue weighted by Gasteiger charge is 2.07. The average molecular weight is 404 g/mol. The van der Waals surface area contributed by atoms with Crippen LogP contribution in [-0.4, -0.2) is 4.57 Å². The van der Waals surface area contributed by atoms with Crippen molar-refractivity contribution in [1.29, 1.82) is 0 Å². The van der Waals surface area contributed by atoms with Crippen molar-refractivity contribution in [2.45, 2.75) is 26.3 Å². The van der Waals surface area contributed by atoms with Crippen LogP contribution in [0.15, 0.2) is 79.4 Å². The molecule has 0 amide bonds. The molecule has 0 N–H and O–H groups in total. The Labute approximate surface area is 166 Å². The number of nitrogens with zero attached hydrogens (tertiary/aromatic N) is 2. The molecule has 1 heterocycles. The lowest BCUT2D eigenvalue weighted by molar-refractivity contribution is -0.671. The standard InChI is InChI=1S/C12H11O3PS.C8H15N2/c13-16(17,14-11-7-3-1-4-8-11)15-12-9-5-2-6-10-12;1-3-4-5-10-7-6-9(2)8-10/h1-10H,(H,13,17);6-8H,3-5H2,1-2H3/q;+1/p-1. The molecule has 3 aromatic rings. The molecule has 7 heteroatoms. The third-order valence-electron chi connectivity index (χ3n) is 3.51. The summed E-state index contributed by atoms with van der Waals surface area (Å²) in [6.07, 6.45) is 8.82. The van der Waals surface area contributed by atoms with E-state index in [0.717, 1.165) is 6.54 Å². The molecule has 0 aliphatic rings. The lowest BCUT2D eigenvalue weighted by Crippen LogP contribution is -2.23. The van der Waals surface area contributed by atoms with Crippen LogP contribution in [0.4, 0.5) is 0 Å². The Hall–Kier alpha value is -2.14. The minimum atomic E-state index is -3.55. The molecule has 27 heavy (non-hydrogen) atoms. The van der Waals surface area contributed by atoms with Gasteiger partial charge in [-0.15, -0.1) is 0 Å². The van der Waals surface area contributed by atoms with E-state index in [-0.39, 0.29) is 0 Å². The summed E-state index contributed by atoms with van der Waals surface area (Å²) in [5.74, 6) is 0.864. The third-order valence-corrected chi connectivity index (χ3v) is 4.83. The van der Waals surface area contributed by atoms with Crippen molar-refractivity contribution < 1.29 is 18.5 Å². The van der Waals surface area contributed by atoms with Gasteiger partial charge in [0.1, 0.15) is 23.9 Å². The molecule has 3 rings (SSSR count). The Morgan fingerprint density at radius 2 is 1.52 bits per heavy atom. The first-order chi connectivity index (χ1) is 13.0. The molecule has 0 fully saturated rings. The topological polar surface area (TPSA) is 50.3 Å². The second kappa shape index (κ2) is 10.9. The molecule has 144 valence electrons. The Kier molecular flexibility index (Phi) is 8.52. The molecule has 0 bridgehead atoms. The SMILES string of the molecule is CCCCn1cc[n+](C)c1.[O-]P(=S)(Oc1ccccc1)Oc1ccccc1. The zero-order chi connectivity index (χ0) is 19.5. The molecule has 5 nitrogen and oxygen atoms in total. The van der Waals surface area contributed by atoms with Gasteiger partial charge in [0.25, 0.3) is 0 Å². The lowest BCUT2D eigenvalue weighted by atomic mass is 10.3. The number of hydrogen-bond acceptors (Lipinski definition) is 4. The van der Waals surface area contributed by atoms with Gasteiger partial charge in [0.15, 0.2) is 0 Å². The van der Waals surface area contributed by atoms with E-state index < -0.39 is 6.72 Å². The van der Waals surface area contributed by atoms with Gasteiger partial charge in [-0.25, -0.2) is 9.13 Å². The summed E-state index contributed by atoms with van der Waals surface area (Å²) < 4.78 is 14.6. The number of aryl methyl sites for hydroxylation is 2. The summed E-state index contributed by atoms with van der Waals surface area (Å²) >= 11 is 4.82. The van der Waals surface area contributed by atoms with Gasteiger partial charge in [0, 0.05) is 0 Å². The van der Waals surface area contributed by atoms with Gasteiger partial charge in [0.2, 0.25) is 13.0 Å². The molecule has 1 aromatic heterocycles. The number of imidazole rings is 1. The van der Waals surface area contributed by atoms with Crippen molar-refractivity contribution in [2.75, 3.05) is 0 Å². The summed E-state index contributed by atoms with van der Waals surface area (Å²) in [5, 5.41) is 0. The summed E-state index contributed by atoms with van der Waals surface area (Å²) in [4.78, 5) is 11.9. The smallest absolute Gasteiger partial charge is 0.243 e. The van der Waals surface area contributed by atoms with Crippen molar-refractivity contribution in [1.82, 2.24) is 4.57 Å². The fourth-order valence-electron chi connectivity index (χ4n) is 2.21. The normalized spacial score (nSPS) is 10.6. The van der Waals surface area contributed by atoms with Crippen LogP contribution >= 0.6 is 6.72 Å². The third kappa shape index (κ3) is 8.39. The maximum atomic E-state index is 11.9. The molecule has 0 aliphatic carbocycles. The van der Waals surface area contributed by atoms with Crippen LogP contribution < -0.4 is 18.5 Å². The predicted octanol–water partition coefficient (Wildman–Crippen LogP) is 3.84. The van der Waals surface area contributed by atoms with E-state index in [1.807, 2.05) is 19.2 Å². The van der Waals surface area contributed by atoms with Crippen molar-refractivity contribution >= 4 is 18.5 Å². The van der Waals surface area contributed by atoms with Crippen LogP contribution in [0.5, 0.6) is 11.5 Å². The molecule has 0 radical (unpaired) electrons. The van der Waals surface area contributed by atoms with Crippen LogP contribution in [-0.2, 0) is 25.4 Å². The van der Waals surface area contributed by atoms with E-state index >= 15 is 0 Å². The van der Waals surface area contributed by atoms with Crippen molar-refractivity contribution in [3.63, 3.8) is 0 Å². The fourth-order valence-corrected chi connectivity index (χ4v) is 3.53. The maximum absolute atomic E-state index is 11.9. The molecular weight excluding hydrogens is 379 g/mol. The predicted molar refractivity (Wildman–Crippen MR) is 109 cm³/mol.